The van der Waals surface area contributed by atoms with Crippen LogP contribution in [0.15, 0.2) is 48.5 Å². The third kappa shape index (κ3) is 3.47. The van der Waals surface area contributed by atoms with Gasteiger partial charge in [-0.1, -0.05) is 69.3 Å². The van der Waals surface area contributed by atoms with Gasteiger partial charge in [0.1, 0.15) is 12.1 Å². The van der Waals surface area contributed by atoms with E-state index in [1.165, 1.54) is 16.0 Å². The van der Waals surface area contributed by atoms with Crippen molar-refractivity contribution < 1.29 is 19.4 Å². The first-order chi connectivity index (χ1) is 14.2. The van der Waals surface area contributed by atoms with Crippen LogP contribution >= 0.6 is 0 Å². The molecule has 1 saturated heterocycles. The Hall–Kier alpha value is -2.82. The molecule has 1 heterocycles. The zero-order valence-electron chi connectivity index (χ0n) is 17.9. The highest BCUT2D eigenvalue weighted by Crippen LogP contribution is 2.45. The lowest BCUT2D eigenvalue weighted by atomic mass is 9.78. The molecule has 1 amide bonds. The zero-order valence-corrected chi connectivity index (χ0v) is 17.9. The first-order valence-corrected chi connectivity index (χ1v) is 10.6. The molecule has 4 rings (SSSR count). The van der Waals surface area contributed by atoms with E-state index in [2.05, 4.69) is 24.3 Å². The van der Waals surface area contributed by atoms with Crippen molar-refractivity contribution in [3.63, 3.8) is 0 Å². The van der Waals surface area contributed by atoms with E-state index in [0.717, 1.165) is 11.1 Å². The van der Waals surface area contributed by atoms with Crippen molar-refractivity contribution in [2.24, 2.45) is 5.41 Å². The number of carbonyl (C=O) groups excluding carboxylic acids is 1. The molecule has 2 aliphatic rings. The number of hydrogen-bond donors (Lipinski definition) is 1. The molecule has 2 aromatic rings. The van der Waals surface area contributed by atoms with Crippen molar-refractivity contribution in [1.82, 2.24) is 4.90 Å². The van der Waals surface area contributed by atoms with E-state index in [1.807, 2.05) is 45.0 Å². The molecule has 30 heavy (non-hydrogen) atoms. The van der Waals surface area contributed by atoms with Gasteiger partial charge in [0, 0.05) is 12.5 Å². The van der Waals surface area contributed by atoms with Crippen molar-refractivity contribution in [3.8, 4) is 11.1 Å². The molecule has 0 unspecified atom stereocenters. The van der Waals surface area contributed by atoms with Crippen LogP contribution in [0.4, 0.5) is 4.79 Å². The standard InChI is InChI=1S/C25H29NO4/c1-24(2,3)16-25(22(27)28)13-8-14-26(25)23(29)30-15-21-19-11-6-4-9-17(19)18-10-5-7-12-20(18)21/h4-7,9-12,21H,8,13-16H2,1-3H3,(H,27,28)/t25-/m1/s1. The number of carboxylic acids is 1. The van der Waals surface area contributed by atoms with Gasteiger partial charge in [-0.2, -0.15) is 0 Å². The molecule has 0 radical (unpaired) electrons. The van der Waals surface area contributed by atoms with Crippen molar-refractivity contribution in [2.75, 3.05) is 13.2 Å². The van der Waals surface area contributed by atoms with Crippen LogP contribution in [0.2, 0.25) is 0 Å². The predicted octanol–water partition coefficient (Wildman–Crippen LogP) is 5.29. The molecule has 1 fully saturated rings. The maximum atomic E-state index is 13.1. The lowest BCUT2D eigenvalue weighted by Gasteiger charge is -2.38. The van der Waals surface area contributed by atoms with E-state index < -0.39 is 17.6 Å². The predicted molar refractivity (Wildman–Crippen MR) is 115 cm³/mol. The van der Waals surface area contributed by atoms with Crippen LogP contribution in [-0.2, 0) is 9.53 Å². The molecule has 0 bridgehead atoms. The van der Waals surface area contributed by atoms with Gasteiger partial charge in [-0.3, -0.25) is 4.90 Å². The second kappa shape index (κ2) is 7.46. The summed E-state index contributed by atoms with van der Waals surface area (Å²) < 4.78 is 5.77. The molecular formula is C25H29NO4. The number of carbonyl (C=O) groups is 2. The van der Waals surface area contributed by atoms with Crippen LogP contribution in [0.25, 0.3) is 11.1 Å². The highest BCUT2D eigenvalue weighted by atomic mass is 16.6. The second-order valence-corrected chi connectivity index (χ2v) is 9.63. The molecule has 158 valence electrons. The van der Waals surface area contributed by atoms with Crippen molar-refractivity contribution in [3.05, 3.63) is 59.7 Å². The fourth-order valence-corrected chi connectivity index (χ4v) is 5.18. The molecule has 0 aromatic heterocycles. The Morgan fingerprint density at radius 3 is 2.17 bits per heavy atom. The average Bonchev–Trinajstić information content (AvgIpc) is 3.25. The van der Waals surface area contributed by atoms with Gasteiger partial charge in [-0.25, -0.2) is 9.59 Å². The third-order valence-corrected chi connectivity index (χ3v) is 6.27. The number of amides is 1. The maximum absolute atomic E-state index is 13.1. The maximum Gasteiger partial charge on any atom is 0.410 e. The van der Waals surface area contributed by atoms with Crippen molar-refractivity contribution >= 4 is 12.1 Å². The van der Waals surface area contributed by atoms with Gasteiger partial charge in [0.05, 0.1) is 0 Å². The van der Waals surface area contributed by atoms with Crippen molar-refractivity contribution in [2.45, 2.75) is 51.5 Å². The van der Waals surface area contributed by atoms with E-state index in [1.54, 1.807) is 0 Å². The summed E-state index contributed by atoms with van der Waals surface area (Å²) in [5.41, 5.74) is 3.22. The first-order valence-electron chi connectivity index (χ1n) is 10.6. The number of benzene rings is 2. The molecule has 1 aliphatic heterocycles. The number of aliphatic carboxylic acids is 1. The Balaban J connectivity index is 1.56. The summed E-state index contributed by atoms with van der Waals surface area (Å²) in [6.07, 6.45) is 1.01. The number of likely N-dealkylation sites (tertiary alicyclic amines) is 1. The van der Waals surface area contributed by atoms with E-state index in [-0.39, 0.29) is 17.9 Å². The van der Waals surface area contributed by atoms with Gasteiger partial charge in [-0.15, -0.1) is 0 Å². The topological polar surface area (TPSA) is 66.8 Å². The Labute approximate surface area is 177 Å². The molecule has 1 atom stereocenters. The number of carboxylic acid groups (broad SMARTS) is 1. The summed E-state index contributed by atoms with van der Waals surface area (Å²) >= 11 is 0. The summed E-state index contributed by atoms with van der Waals surface area (Å²) in [7, 11) is 0. The number of fused-ring (bicyclic) bond motifs is 3. The number of rotatable bonds is 4. The number of ether oxygens (including phenoxy) is 1. The monoisotopic (exact) mass is 407 g/mol. The molecule has 5 nitrogen and oxygen atoms in total. The van der Waals surface area contributed by atoms with Gasteiger partial charge < -0.3 is 9.84 Å². The van der Waals surface area contributed by atoms with Crippen molar-refractivity contribution in [1.29, 1.82) is 0 Å². The number of nitrogens with zero attached hydrogens (tertiary/aromatic N) is 1. The Morgan fingerprint density at radius 2 is 1.63 bits per heavy atom. The van der Waals surface area contributed by atoms with Crippen LogP contribution in [0.3, 0.4) is 0 Å². The minimum absolute atomic E-state index is 0.0363. The van der Waals surface area contributed by atoms with Crippen LogP contribution in [0, 0.1) is 5.41 Å². The summed E-state index contributed by atoms with van der Waals surface area (Å²) in [4.78, 5) is 26.8. The third-order valence-electron chi connectivity index (χ3n) is 6.27. The van der Waals surface area contributed by atoms with Crippen LogP contribution < -0.4 is 0 Å². The van der Waals surface area contributed by atoms with E-state index in [4.69, 9.17) is 4.74 Å². The highest BCUT2D eigenvalue weighted by molar-refractivity contribution is 5.85. The van der Waals surface area contributed by atoms with Crippen LogP contribution in [-0.4, -0.2) is 40.8 Å². The molecule has 0 spiro atoms. The average molecular weight is 408 g/mol. The lowest BCUT2D eigenvalue weighted by molar-refractivity contribution is -0.150. The Morgan fingerprint density at radius 1 is 1.07 bits per heavy atom. The second-order valence-electron chi connectivity index (χ2n) is 9.63. The summed E-state index contributed by atoms with van der Waals surface area (Å²) in [6, 6.07) is 16.4. The van der Waals surface area contributed by atoms with Gasteiger partial charge in [0.25, 0.3) is 0 Å². The smallest absolute Gasteiger partial charge is 0.410 e. The van der Waals surface area contributed by atoms with E-state index in [9.17, 15) is 14.7 Å². The zero-order chi connectivity index (χ0) is 21.5. The Bertz CT molecular complexity index is 932. The Kier molecular flexibility index (Phi) is 5.08. The summed E-state index contributed by atoms with van der Waals surface area (Å²) in [5.74, 6) is -0.978. The molecule has 1 N–H and O–H groups in total. The molecule has 2 aromatic carbocycles. The largest absolute Gasteiger partial charge is 0.479 e. The van der Waals surface area contributed by atoms with E-state index in [0.29, 0.717) is 25.8 Å². The van der Waals surface area contributed by atoms with Crippen LogP contribution in [0.1, 0.15) is 57.1 Å². The van der Waals surface area contributed by atoms with Crippen LogP contribution in [0.5, 0.6) is 0 Å². The fourth-order valence-electron chi connectivity index (χ4n) is 5.18. The highest BCUT2D eigenvalue weighted by Gasteiger charge is 2.52. The van der Waals surface area contributed by atoms with Gasteiger partial charge in [0.15, 0.2) is 0 Å². The summed E-state index contributed by atoms with van der Waals surface area (Å²) in [6.45, 7) is 6.64. The molecule has 1 aliphatic carbocycles. The van der Waals surface area contributed by atoms with Gasteiger partial charge in [-0.05, 0) is 46.9 Å². The SMILES string of the molecule is CC(C)(C)C[C@@]1(C(=O)O)CCCN1C(=O)OCC1c2ccccc2-c2ccccc21. The fraction of sp³-hybridized carbons (Fsp3) is 0.440. The lowest BCUT2D eigenvalue weighted by Crippen LogP contribution is -2.55. The molecule has 0 saturated carbocycles. The molecular weight excluding hydrogens is 378 g/mol. The normalized spacial score (nSPS) is 20.7. The summed E-state index contributed by atoms with van der Waals surface area (Å²) in [5, 5.41) is 10.0. The van der Waals surface area contributed by atoms with E-state index >= 15 is 0 Å². The minimum atomic E-state index is -1.19. The van der Waals surface area contributed by atoms with Gasteiger partial charge >= 0.3 is 12.1 Å². The first kappa shape index (κ1) is 20.5. The quantitative estimate of drug-likeness (QED) is 0.748. The number of hydrogen-bond acceptors (Lipinski definition) is 3. The minimum Gasteiger partial charge on any atom is -0.479 e. The molecule has 5 heteroatoms. The van der Waals surface area contributed by atoms with Gasteiger partial charge in [0.2, 0.25) is 0 Å².